The number of nitrogens with zero attached hydrogens (tertiary/aromatic N) is 2. The fourth-order valence-corrected chi connectivity index (χ4v) is 4.15. The van der Waals surface area contributed by atoms with E-state index >= 15 is 0 Å². The van der Waals surface area contributed by atoms with Crippen molar-refractivity contribution in [3.05, 3.63) is 50.9 Å². The van der Waals surface area contributed by atoms with Gasteiger partial charge in [-0.3, -0.25) is 9.59 Å². The van der Waals surface area contributed by atoms with Crippen molar-refractivity contribution in [3.63, 3.8) is 0 Å². The number of amides is 1. The number of hydrogen-bond acceptors (Lipinski definition) is 5. The van der Waals surface area contributed by atoms with Crippen LogP contribution in [0.1, 0.15) is 19.3 Å². The second kappa shape index (κ2) is 7.97. The lowest BCUT2D eigenvalue weighted by Crippen LogP contribution is -2.45. The molecule has 0 aliphatic carbocycles. The third kappa shape index (κ3) is 4.32. The Bertz CT molecular complexity index is 1020. The highest BCUT2D eigenvalue weighted by Crippen LogP contribution is 2.18. The van der Waals surface area contributed by atoms with E-state index in [4.69, 9.17) is 23.2 Å². The van der Waals surface area contributed by atoms with Gasteiger partial charge in [-0.15, -0.1) is 0 Å². The van der Waals surface area contributed by atoms with Gasteiger partial charge in [0.05, 0.1) is 21.8 Å². The van der Waals surface area contributed by atoms with Crippen molar-refractivity contribution < 1.29 is 13.2 Å². The number of halogens is 2. The Morgan fingerprint density at radius 2 is 1.85 bits per heavy atom. The van der Waals surface area contributed by atoms with Crippen LogP contribution in [0.3, 0.4) is 0 Å². The Labute approximate surface area is 165 Å². The van der Waals surface area contributed by atoms with Gasteiger partial charge in [-0.25, -0.2) is 8.42 Å². The van der Waals surface area contributed by atoms with Gasteiger partial charge in [-0.2, -0.15) is 14.5 Å². The maximum Gasteiger partial charge on any atom is 0.291 e. The van der Waals surface area contributed by atoms with Crippen LogP contribution in [-0.2, 0) is 14.8 Å². The van der Waals surface area contributed by atoms with Crippen LogP contribution in [0.15, 0.2) is 40.2 Å². The molecule has 0 saturated carbocycles. The Morgan fingerprint density at radius 1 is 1.15 bits per heavy atom. The second-order valence-corrected chi connectivity index (χ2v) is 8.48. The Balaban J connectivity index is 1.85. The lowest BCUT2D eigenvalue weighted by Gasteiger charge is -2.15. The lowest BCUT2D eigenvalue weighted by atomic mass is 10.1. The monoisotopic (exact) mass is 430 g/mol. The zero-order chi connectivity index (χ0) is 19.6. The molecular weight excluding hydrogens is 415 g/mol. The number of carbonyl (C=O) groups is 1. The number of rotatable bonds is 4. The number of sulfonamides is 1. The first-order valence-corrected chi connectivity index (χ1v) is 10.4. The molecular formula is C16H16Cl2N4O4S. The summed E-state index contributed by atoms with van der Waals surface area (Å²) in [5.74, 6) is -0.334. The molecule has 2 N–H and O–H groups in total. The third-order valence-corrected chi connectivity index (χ3v) is 6.34. The Hall–Kier alpha value is -1.94. The van der Waals surface area contributed by atoms with Crippen molar-refractivity contribution in [2.45, 2.75) is 30.2 Å². The van der Waals surface area contributed by atoms with Gasteiger partial charge in [-0.05, 0) is 43.5 Å². The molecule has 2 heterocycles. The first-order chi connectivity index (χ1) is 12.8. The number of hydrogen-bond donors (Lipinski definition) is 2. The lowest BCUT2D eigenvalue weighted by molar-refractivity contribution is -0.122. The van der Waals surface area contributed by atoms with Crippen LogP contribution in [0.4, 0.5) is 0 Å². The zero-order valence-electron chi connectivity index (χ0n) is 14.0. The quantitative estimate of drug-likeness (QED) is 0.762. The molecule has 27 heavy (non-hydrogen) atoms. The summed E-state index contributed by atoms with van der Waals surface area (Å²) >= 11 is 11.6. The number of nitrogens with one attached hydrogen (secondary N) is 2. The standard InChI is InChI=1S/C16H16Cl2N4O4S/c17-12-9-20-22(16(24)14(12)18)10-4-6-11(7-5-10)27(25,26)21-13-3-1-2-8-19-15(13)23/h4-7,9,13,21H,1-3,8H2,(H,19,23). The van der Waals surface area contributed by atoms with E-state index in [2.05, 4.69) is 15.1 Å². The molecule has 1 aromatic carbocycles. The molecule has 0 bridgehead atoms. The summed E-state index contributed by atoms with van der Waals surface area (Å²) < 4.78 is 28.6. The Kier molecular flexibility index (Phi) is 5.85. The van der Waals surface area contributed by atoms with Gasteiger partial charge in [0, 0.05) is 6.54 Å². The summed E-state index contributed by atoms with van der Waals surface area (Å²) in [6, 6.07) is 4.67. The van der Waals surface area contributed by atoms with E-state index in [1.54, 1.807) is 0 Å². The average molecular weight is 431 g/mol. The molecule has 1 aliphatic heterocycles. The predicted octanol–water partition coefficient (Wildman–Crippen LogP) is 1.49. The van der Waals surface area contributed by atoms with Crippen molar-refractivity contribution >= 4 is 39.1 Å². The van der Waals surface area contributed by atoms with Crippen molar-refractivity contribution in [1.82, 2.24) is 19.8 Å². The minimum atomic E-state index is -3.90. The number of aromatic nitrogens is 2. The van der Waals surface area contributed by atoms with E-state index in [1.165, 1.54) is 30.5 Å². The summed E-state index contributed by atoms with van der Waals surface area (Å²) in [6.45, 7) is 0.539. The predicted molar refractivity (Wildman–Crippen MR) is 101 cm³/mol. The van der Waals surface area contributed by atoms with Gasteiger partial charge >= 0.3 is 0 Å². The topological polar surface area (TPSA) is 110 Å². The van der Waals surface area contributed by atoms with Gasteiger partial charge in [0.2, 0.25) is 15.9 Å². The van der Waals surface area contributed by atoms with E-state index in [0.717, 1.165) is 17.5 Å². The summed E-state index contributed by atoms with van der Waals surface area (Å²) in [4.78, 5) is 24.0. The highest BCUT2D eigenvalue weighted by molar-refractivity contribution is 7.89. The van der Waals surface area contributed by atoms with Crippen LogP contribution >= 0.6 is 23.2 Å². The van der Waals surface area contributed by atoms with E-state index in [0.29, 0.717) is 18.7 Å². The van der Waals surface area contributed by atoms with E-state index in [9.17, 15) is 18.0 Å². The van der Waals surface area contributed by atoms with Crippen molar-refractivity contribution in [1.29, 1.82) is 0 Å². The van der Waals surface area contributed by atoms with E-state index < -0.39 is 21.6 Å². The number of carbonyl (C=O) groups excluding carboxylic acids is 1. The molecule has 1 aromatic heterocycles. The number of benzene rings is 1. The zero-order valence-corrected chi connectivity index (χ0v) is 16.3. The molecule has 1 unspecified atom stereocenters. The Morgan fingerprint density at radius 3 is 2.56 bits per heavy atom. The average Bonchev–Trinajstić information content (AvgIpc) is 2.84. The molecule has 3 rings (SSSR count). The summed E-state index contributed by atoms with van der Waals surface area (Å²) in [6.07, 6.45) is 3.22. The van der Waals surface area contributed by atoms with Gasteiger partial charge in [0.25, 0.3) is 5.56 Å². The molecule has 1 atom stereocenters. The molecule has 11 heteroatoms. The van der Waals surface area contributed by atoms with E-state index in [1.807, 2.05) is 0 Å². The highest BCUT2D eigenvalue weighted by atomic mass is 35.5. The molecule has 1 aliphatic rings. The summed E-state index contributed by atoms with van der Waals surface area (Å²) in [7, 11) is -3.90. The van der Waals surface area contributed by atoms with Crippen LogP contribution in [0.25, 0.3) is 5.69 Å². The molecule has 1 fully saturated rings. The molecule has 0 spiro atoms. The van der Waals surface area contributed by atoms with Crippen LogP contribution < -0.4 is 15.6 Å². The van der Waals surface area contributed by atoms with Crippen molar-refractivity contribution in [2.75, 3.05) is 6.54 Å². The SMILES string of the molecule is O=C1NCCCCC1NS(=O)(=O)c1ccc(-n2ncc(Cl)c(Cl)c2=O)cc1. The summed E-state index contributed by atoms with van der Waals surface area (Å²) in [5.41, 5.74) is -0.294. The van der Waals surface area contributed by atoms with Crippen molar-refractivity contribution in [3.8, 4) is 5.69 Å². The van der Waals surface area contributed by atoms with Crippen LogP contribution in [0, 0.1) is 0 Å². The minimum Gasteiger partial charge on any atom is -0.355 e. The van der Waals surface area contributed by atoms with Gasteiger partial charge in [0.15, 0.2) is 0 Å². The largest absolute Gasteiger partial charge is 0.355 e. The normalized spacial score (nSPS) is 18.0. The molecule has 144 valence electrons. The maximum atomic E-state index is 12.6. The summed E-state index contributed by atoms with van der Waals surface area (Å²) in [5, 5.41) is 6.42. The second-order valence-electron chi connectivity index (χ2n) is 5.98. The van der Waals surface area contributed by atoms with Gasteiger partial charge in [-0.1, -0.05) is 23.2 Å². The smallest absolute Gasteiger partial charge is 0.291 e. The first-order valence-electron chi connectivity index (χ1n) is 8.13. The fraction of sp³-hybridized carbons (Fsp3) is 0.312. The maximum absolute atomic E-state index is 12.6. The molecule has 2 aromatic rings. The van der Waals surface area contributed by atoms with E-state index in [-0.39, 0.29) is 20.8 Å². The van der Waals surface area contributed by atoms with Crippen LogP contribution in [-0.4, -0.2) is 36.7 Å². The molecule has 1 saturated heterocycles. The van der Waals surface area contributed by atoms with Crippen LogP contribution in [0.2, 0.25) is 10.0 Å². The molecule has 8 nitrogen and oxygen atoms in total. The fourth-order valence-electron chi connectivity index (χ4n) is 2.67. The highest BCUT2D eigenvalue weighted by Gasteiger charge is 2.26. The van der Waals surface area contributed by atoms with Crippen LogP contribution in [0.5, 0.6) is 0 Å². The first kappa shape index (κ1) is 19.8. The third-order valence-electron chi connectivity index (χ3n) is 4.10. The molecule has 0 radical (unpaired) electrons. The van der Waals surface area contributed by atoms with Crippen molar-refractivity contribution in [2.24, 2.45) is 0 Å². The van der Waals surface area contributed by atoms with Gasteiger partial charge in [0.1, 0.15) is 11.1 Å². The van der Waals surface area contributed by atoms with Gasteiger partial charge < -0.3 is 5.32 Å². The molecule has 1 amide bonds. The minimum absolute atomic E-state index is 0.0305.